The zero-order valence-corrected chi connectivity index (χ0v) is 20.7. The molecule has 0 aliphatic rings. The molecule has 0 aliphatic heterocycles. The number of halogens is 3. The highest BCUT2D eigenvalue weighted by atomic mass is 35.5. The first kappa shape index (κ1) is 24.5. The molecule has 188 valence electrons. The third kappa shape index (κ3) is 5.03. The van der Waals surface area contributed by atoms with Gasteiger partial charge in [0.1, 0.15) is 11.5 Å². The Hall–Kier alpha value is -4.24. The third-order valence-corrected chi connectivity index (χ3v) is 6.21. The Morgan fingerprint density at radius 3 is 2.62 bits per heavy atom. The average molecular weight is 522 g/mol. The lowest BCUT2D eigenvalue weighted by Gasteiger charge is -2.14. The molecule has 0 saturated carbocycles. The number of rotatable bonds is 8. The molecule has 3 aromatic carbocycles. The number of benzene rings is 3. The van der Waals surface area contributed by atoms with Crippen molar-refractivity contribution in [3.63, 3.8) is 0 Å². The molecule has 37 heavy (non-hydrogen) atoms. The van der Waals surface area contributed by atoms with Gasteiger partial charge in [0.2, 0.25) is 0 Å². The number of aromatic nitrogens is 4. The largest absolute Gasteiger partial charge is 0.497 e. The highest BCUT2D eigenvalue weighted by molar-refractivity contribution is 6.31. The van der Waals surface area contributed by atoms with Crippen LogP contribution in [0.1, 0.15) is 17.6 Å². The fraction of sp³-hybridized carbons (Fsp3) is 0.148. The summed E-state index contributed by atoms with van der Waals surface area (Å²) >= 11 is 6.29. The van der Waals surface area contributed by atoms with Gasteiger partial charge in [-0.3, -0.25) is 0 Å². The smallest absolute Gasteiger partial charge is 0.266 e. The summed E-state index contributed by atoms with van der Waals surface area (Å²) < 4.78 is 38.5. The summed E-state index contributed by atoms with van der Waals surface area (Å²) in [6.45, 7) is 0.500. The van der Waals surface area contributed by atoms with Crippen molar-refractivity contribution in [2.24, 2.45) is 0 Å². The van der Waals surface area contributed by atoms with Crippen molar-refractivity contribution in [3.8, 4) is 28.3 Å². The van der Waals surface area contributed by atoms with Crippen LogP contribution in [0.3, 0.4) is 0 Å². The van der Waals surface area contributed by atoms with Gasteiger partial charge in [0.25, 0.3) is 6.43 Å². The molecule has 2 aromatic heterocycles. The predicted molar refractivity (Wildman–Crippen MR) is 139 cm³/mol. The van der Waals surface area contributed by atoms with Crippen LogP contribution in [0.2, 0.25) is 5.02 Å². The minimum atomic E-state index is -2.61. The molecule has 0 unspecified atom stereocenters. The fourth-order valence-electron chi connectivity index (χ4n) is 4.08. The second-order valence-electron chi connectivity index (χ2n) is 8.20. The standard InChI is InChI=1S/C27H22ClF2N5O2/c1-36-20-6-3-17(26(11-20)37-2)12-31-24-14-32-34-23-9-16(4-7-21(23)24)22-10-19(28)5-8-25(22)35-15-18(13-33-35)27(29)30/h3-11,13-15,27H,12H2,1-2H3,(H,31,34). The average Bonchev–Trinajstić information content (AvgIpc) is 3.42. The second-order valence-corrected chi connectivity index (χ2v) is 8.64. The van der Waals surface area contributed by atoms with Gasteiger partial charge in [0.15, 0.2) is 0 Å². The molecule has 10 heteroatoms. The quantitative estimate of drug-likeness (QED) is 0.245. The Bertz CT molecular complexity index is 1570. The number of nitrogens with one attached hydrogen (secondary N) is 1. The summed E-state index contributed by atoms with van der Waals surface area (Å²) in [5, 5.41) is 17.4. The van der Waals surface area contributed by atoms with Gasteiger partial charge in [-0.15, -0.1) is 0 Å². The summed E-state index contributed by atoms with van der Waals surface area (Å²) in [4.78, 5) is 0. The minimum Gasteiger partial charge on any atom is -0.497 e. The zero-order chi connectivity index (χ0) is 25.9. The number of alkyl halides is 2. The van der Waals surface area contributed by atoms with Gasteiger partial charge >= 0.3 is 0 Å². The summed E-state index contributed by atoms with van der Waals surface area (Å²) in [6, 6.07) is 16.6. The monoisotopic (exact) mass is 521 g/mol. The van der Waals surface area contributed by atoms with Crippen molar-refractivity contribution in [1.82, 2.24) is 20.0 Å². The van der Waals surface area contributed by atoms with Crippen molar-refractivity contribution in [2.75, 3.05) is 19.5 Å². The molecule has 0 fully saturated rings. The summed E-state index contributed by atoms with van der Waals surface area (Å²) in [7, 11) is 3.22. The fourth-order valence-corrected chi connectivity index (χ4v) is 4.25. The van der Waals surface area contributed by atoms with Gasteiger partial charge in [-0.1, -0.05) is 17.7 Å². The van der Waals surface area contributed by atoms with Crippen LogP contribution in [-0.2, 0) is 6.54 Å². The lowest BCUT2D eigenvalue weighted by atomic mass is 10.0. The van der Waals surface area contributed by atoms with Crippen LogP contribution in [-0.4, -0.2) is 34.2 Å². The molecule has 5 rings (SSSR count). The second kappa shape index (κ2) is 10.4. The first-order chi connectivity index (χ1) is 18.0. The van der Waals surface area contributed by atoms with E-state index in [0.717, 1.165) is 34.0 Å². The van der Waals surface area contributed by atoms with Crippen LogP contribution < -0.4 is 14.8 Å². The van der Waals surface area contributed by atoms with Crippen LogP contribution >= 0.6 is 11.6 Å². The Labute approximate surface area is 216 Å². The van der Waals surface area contributed by atoms with E-state index in [1.54, 1.807) is 38.6 Å². The van der Waals surface area contributed by atoms with E-state index in [1.165, 1.54) is 10.9 Å². The zero-order valence-electron chi connectivity index (χ0n) is 20.0. The van der Waals surface area contributed by atoms with Crippen LogP contribution in [0, 0.1) is 0 Å². The van der Waals surface area contributed by atoms with Gasteiger partial charge in [0, 0.05) is 40.3 Å². The number of ether oxygens (including phenoxy) is 2. The Morgan fingerprint density at radius 1 is 1.00 bits per heavy atom. The number of hydrogen-bond donors (Lipinski definition) is 1. The Kier molecular flexibility index (Phi) is 6.87. The van der Waals surface area contributed by atoms with Crippen LogP contribution in [0.4, 0.5) is 14.5 Å². The summed E-state index contributed by atoms with van der Waals surface area (Å²) in [5.74, 6) is 1.42. The van der Waals surface area contributed by atoms with Crippen molar-refractivity contribution < 1.29 is 18.3 Å². The van der Waals surface area contributed by atoms with E-state index in [9.17, 15) is 8.78 Å². The van der Waals surface area contributed by atoms with Crippen molar-refractivity contribution in [2.45, 2.75) is 13.0 Å². The Morgan fingerprint density at radius 2 is 1.86 bits per heavy atom. The number of methoxy groups -OCH3 is 2. The highest BCUT2D eigenvalue weighted by Crippen LogP contribution is 2.34. The van der Waals surface area contributed by atoms with E-state index in [4.69, 9.17) is 21.1 Å². The molecule has 0 aliphatic carbocycles. The first-order valence-corrected chi connectivity index (χ1v) is 11.7. The summed E-state index contributed by atoms with van der Waals surface area (Å²) in [6.07, 6.45) is 1.53. The SMILES string of the molecule is COc1ccc(CNc2cnnc3cc(-c4cc(Cl)ccc4-n4cc(C(F)F)cn4)ccc23)c(OC)c1. The van der Waals surface area contributed by atoms with E-state index in [2.05, 4.69) is 20.6 Å². The molecule has 1 N–H and O–H groups in total. The molecule has 7 nitrogen and oxygen atoms in total. The molecule has 0 spiro atoms. The van der Waals surface area contributed by atoms with Gasteiger partial charge < -0.3 is 14.8 Å². The predicted octanol–water partition coefficient (Wildman–Crippen LogP) is 6.70. The molecule has 0 saturated heterocycles. The maximum atomic E-state index is 13.1. The normalized spacial score (nSPS) is 11.2. The maximum absolute atomic E-state index is 13.1. The molecule has 2 heterocycles. The van der Waals surface area contributed by atoms with E-state index in [-0.39, 0.29) is 5.56 Å². The van der Waals surface area contributed by atoms with E-state index >= 15 is 0 Å². The number of hydrogen-bond acceptors (Lipinski definition) is 6. The number of anilines is 1. The van der Waals surface area contributed by atoms with Crippen molar-refractivity contribution in [1.29, 1.82) is 0 Å². The van der Waals surface area contributed by atoms with Gasteiger partial charge in [-0.05, 0) is 48.0 Å². The van der Waals surface area contributed by atoms with Crippen molar-refractivity contribution >= 4 is 28.2 Å². The number of nitrogens with zero attached hydrogens (tertiary/aromatic N) is 4. The lowest BCUT2D eigenvalue weighted by Crippen LogP contribution is -2.03. The summed E-state index contributed by atoms with van der Waals surface area (Å²) in [5.41, 5.74) is 4.39. The first-order valence-electron chi connectivity index (χ1n) is 11.3. The van der Waals surface area contributed by atoms with Gasteiger partial charge in [-0.25, -0.2) is 13.5 Å². The maximum Gasteiger partial charge on any atom is 0.266 e. The van der Waals surface area contributed by atoms with E-state index < -0.39 is 6.43 Å². The molecule has 0 bridgehead atoms. The molecular formula is C27H22ClF2N5O2. The molecule has 0 radical (unpaired) electrons. The molecular weight excluding hydrogens is 500 g/mol. The van der Waals surface area contributed by atoms with Crippen molar-refractivity contribution in [3.05, 3.63) is 89.3 Å². The Balaban J connectivity index is 1.48. The number of fused-ring (bicyclic) bond motifs is 1. The lowest BCUT2D eigenvalue weighted by molar-refractivity contribution is 0.151. The van der Waals surface area contributed by atoms with E-state index in [0.29, 0.717) is 34.3 Å². The van der Waals surface area contributed by atoms with Crippen LogP contribution in [0.15, 0.2) is 73.2 Å². The minimum absolute atomic E-state index is 0.158. The molecule has 0 amide bonds. The molecule has 5 aromatic rings. The topological polar surface area (TPSA) is 74.1 Å². The third-order valence-electron chi connectivity index (χ3n) is 5.97. The van der Waals surface area contributed by atoms with Gasteiger partial charge in [-0.2, -0.15) is 15.3 Å². The van der Waals surface area contributed by atoms with Gasteiger partial charge in [0.05, 0.1) is 49.1 Å². The molecule has 0 atom stereocenters. The van der Waals surface area contributed by atoms with Crippen LogP contribution in [0.5, 0.6) is 11.5 Å². The van der Waals surface area contributed by atoms with E-state index in [1.807, 2.05) is 36.4 Å². The van der Waals surface area contributed by atoms with Crippen LogP contribution in [0.25, 0.3) is 27.7 Å². The highest BCUT2D eigenvalue weighted by Gasteiger charge is 2.15.